The highest BCUT2D eigenvalue weighted by atomic mass is 32.2. The van der Waals surface area contributed by atoms with Crippen LogP contribution in [0.1, 0.15) is 11.1 Å². The number of rotatable bonds is 4. The first kappa shape index (κ1) is 14.4. The molecule has 0 atom stereocenters. The van der Waals surface area contributed by atoms with Gasteiger partial charge in [0, 0.05) is 24.5 Å². The maximum absolute atomic E-state index is 13.7. The Morgan fingerprint density at radius 1 is 1.30 bits per heavy atom. The van der Waals surface area contributed by atoms with E-state index in [1.54, 1.807) is 0 Å². The number of hydrogen-bond acceptors (Lipinski definition) is 4. The van der Waals surface area contributed by atoms with Crippen LogP contribution in [0, 0.1) is 12.7 Å². The minimum absolute atomic E-state index is 0.0198. The summed E-state index contributed by atoms with van der Waals surface area (Å²) < 4.78 is 40.6. The highest BCUT2D eigenvalue weighted by Gasteiger charge is 2.18. The van der Waals surface area contributed by atoms with Gasteiger partial charge in [0.1, 0.15) is 5.82 Å². The van der Waals surface area contributed by atoms with E-state index < -0.39 is 15.8 Å². The van der Waals surface area contributed by atoms with Gasteiger partial charge in [-0.15, -0.1) is 0 Å². The van der Waals surface area contributed by atoms with E-state index in [-0.39, 0.29) is 22.6 Å². The Bertz CT molecular complexity index is 718. The van der Waals surface area contributed by atoms with Crippen molar-refractivity contribution in [2.24, 2.45) is 5.73 Å². The summed E-state index contributed by atoms with van der Waals surface area (Å²) in [7, 11) is -3.79. The largest absolute Gasteiger partial charge is 0.326 e. The molecule has 3 N–H and O–H groups in total. The summed E-state index contributed by atoms with van der Waals surface area (Å²) in [4.78, 5) is 3.78. The smallest absolute Gasteiger partial charge is 0.261 e. The van der Waals surface area contributed by atoms with Crippen molar-refractivity contribution in [2.75, 3.05) is 4.72 Å². The van der Waals surface area contributed by atoms with Crippen molar-refractivity contribution in [1.82, 2.24) is 4.98 Å². The van der Waals surface area contributed by atoms with Gasteiger partial charge in [0.25, 0.3) is 10.0 Å². The van der Waals surface area contributed by atoms with Crippen molar-refractivity contribution in [3.8, 4) is 0 Å². The predicted octanol–water partition coefficient (Wildman–Crippen LogP) is 1.79. The third kappa shape index (κ3) is 2.94. The molecule has 5 nitrogen and oxygen atoms in total. The third-order valence-electron chi connectivity index (χ3n) is 2.77. The molecule has 0 aliphatic rings. The number of nitrogens with one attached hydrogen (secondary N) is 1. The lowest BCUT2D eigenvalue weighted by molar-refractivity contribution is 0.592. The molecule has 1 heterocycles. The maximum atomic E-state index is 13.7. The molecule has 106 valence electrons. The Balaban J connectivity index is 2.42. The number of aromatic nitrogens is 1. The number of benzene rings is 1. The molecule has 7 heteroatoms. The van der Waals surface area contributed by atoms with Crippen molar-refractivity contribution >= 4 is 15.7 Å². The SMILES string of the molecule is Cc1cc(S(=O)(=O)Nc2ccncc2)cc(CN)c1F. The van der Waals surface area contributed by atoms with Crippen LogP contribution in [-0.2, 0) is 16.6 Å². The van der Waals surface area contributed by atoms with E-state index in [1.165, 1.54) is 43.6 Å². The summed E-state index contributed by atoms with van der Waals surface area (Å²) >= 11 is 0. The second-order valence-electron chi connectivity index (χ2n) is 4.26. The van der Waals surface area contributed by atoms with Crippen molar-refractivity contribution < 1.29 is 12.8 Å². The van der Waals surface area contributed by atoms with Crippen molar-refractivity contribution in [3.63, 3.8) is 0 Å². The molecule has 0 radical (unpaired) electrons. The van der Waals surface area contributed by atoms with Crippen LogP contribution in [-0.4, -0.2) is 13.4 Å². The van der Waals surface area contributed by atoms with E-state index in [1.807, 2.05) is 0 Å². The Morgan fingerprint density at radius 2 is 1.95 bits per heavy atom. The number of nitrogens with zero attached hydrogens (tertiary/aromatic N) is 1. The number of halogens is 1. The lowest BCUT2D eigenvalue weighted by atomic mass is 10.1. The molecule has 0 spiro atoms. The van der Waals surface area contributed by atoms with Crippen molar-refractivity contribution in [1.29, 1.82) is 0 Å². The van der Waals surface area contributed by atoms with Gasteiger partial charge in [-0.05, 0) is 36.8 Å². The monoisotopic (exact) mass is 295 g/mol. The first-order valence-corrected chi connectivity index (χ1v) is 7.34. The lowest BCUT2D eigenvalue weighted by Gasteiger charge is -2.11. The van der Waals surface area contributed by atoms with Gasteiger partial charge in [-0.3, -0.25) is 9.71 Å². The molecule has 1 aromatic carbocycles. The number of anilines is 1. The number of sulfonamides is 1. The Labute approximate surface area is 116 Å². The fourth-order valence-corrected chi connectivity index (χ4v) is 2.94. The highest BCUT2D eigenvalue weighted by Crippen LogP contribution is 2.21. The molecule has 20 heavy (non-hydrogen) atoms. The van der Waals surface area contributed by atoms with E-state index in [9.17, 15) is 12.8 Å². The summed E-state index contributed by atoms with van der Waals surface area (Å²) in [6.07, 6.45) is 2.94. The Hall–Kier alpha value is -1.99. The molecule has 0 aliphatic carbocycles. The van der Waals surface area contributed by atoms with Gasteiger partial charge in [0.2, 0.25) is 0 Å². The number of nitrogens with two attached hydrogens (primary N) is 1. The van der Waals surface area contributed by atoms with E-state index in [2.05, 4.69) is 9.71 Å². The van der Waals surface area contributed by atoms with Crippen LogP contribution in [0.25, 0.3) is 0 Å². The van der Waals surface area contributed by atoms with Crippen LogP contribution in [0.15, 0.2) is 41.6 Å². The second-order valence-corrected chi connectivity index (χ2v) is 5.94. The van der Waals surface area contributed by atoms with E-state index in [4.69, 9.17) is 5.73 Å². The summed E-state index contributed by atoms with van der Waals surface area (Å²) in [6, 6.07) is 5.57. The fraction of sp³-hybridized carbons (Fsp3) is 0.154. The quantitative estimate of drug-likeness (QED) is 0.900. The highest BCUT2D eigenvalue weighted by molar-refractivity contribution is 7.92. The molecule has 0 bridgehead atoms. The van der Waals surface area contributed by atoms with Gasteiger partial charge < -0.3 is 5.73 Å². The van der Waals surface area contributed by atoms with Gasteiger partial charge in [-0.2, -0.15) is 0 Å². The zero-order valence-corrected chi connectivity index (χ0v) is 11.6. The summed E-state index contributed by atoms with van der Waals surface area (Å²) in [5.41, 5.74) is 6.21. The molecule has 2 aromatic rings. The normalized spacial score (nSPS) is 11.3. The van der Waals surface area contributed by atoms with Crippen LogP contribution in [0.2, 0.25) is 0 Å². The van der Waals surface area contributed by atoms with Crippen LogP contribution in [0.3, 0.4) is 0 Å². The minimum atomic E-state index is -3.79. The molecule has 0 saturated carbocycles. The number of aryl methyl sites for hydroxylation is 1. The summed E-state index contributed by atoms with van der Waals surface area (Å²) in [6.45, 7) is 1.44. The van der Waals surface area contributed by atoms with Gasteiger partial charge in [0.05, 0.1) is 10.6 Å². The van der Waals surface area contributed by atoms with E-state index in [0.717, 1.165) is 0 Å². The second kappa shape index (κ2) is 5.56. The van der Waals surface area contributed by atoms with Crippen LogP contribution >= 0.6 is 0 Å². The molecule has 1 aromatic heterocycles. The lowest BCUT2D eigenvalue weighted by Crippen LogP contribution is -2.14. The topological polar surface area (TPSA) is 85.1 Å². The predicted molar refractivity (Wildman–Crippen MR) is 74.1 cm³/mol. The van der Waals surface area contributed by atoms with E-state index in [0.29, 0.717) is 5.69 Å². The van der Waals surface area contributed by atoms with Crippen molar-refractivity contribution in [3.05, 3.63) is 53.6 Å². The Morgan fingerprint density at radius 3 is 2.55 bits per heavy atom. The fourth-order valence-electron chi connectivity index (χ4n) is 1.74. The summed E-state index contributed by atoms with van der Waals surface area (Å²) in [5.74, 6) is -0.477. The molecule has 0 aliphatic heterocycles. The van der Waals surface area contributed by atoms with Crippen LogP contribution in [0.4, 0.5) is 10.1 Å². The molecule has 0 saturated heterocycles. The first-order valence-electron chi connectivity index (χ1n) is 5.86. The average molecular weight is 295 g/mol. The molecule has 2 rings (SSSR count). The third-order valence-corrected chi connectivity index (χ3v) is 4.13. The van der Waals surface area contributed by atoms with Crippen molar-refractivity contribution in [2.45, 2.75) is 18.4 Å². The molecular formula is C13H14FN3O2S. The average Bonchev–Trinajstić information content (AvgIpc) is 2.42. The number of hydrogen-bond donors (Lipinski definition) is 2. The molecular weight excluding hydrogens is 281 g/mol. The van der Waals surface area contributed by atoms with Gasteiger partial charge >= 0.3 is 0 Å². The number of pyridine rings is 1. The van der Waals surface area contributed by atoms with Gasteiger partial charge in [0.15, 0.2) is 0 Å². The maximum Gasteiger partial charge on any atom is 0.261 e. The first-order chi connectivity index (χ1) is 9.44. The molecule has 0 fully saturated rings. The summed E-state index contributed by atoms with van der Waals surface area (Å²) in [5, 5.41) is 0. The zero-order chi connectivity index (χ0) is 14.8. The zero-order valence-electron chi connectivity index (χ0n) is 10.8. The van der Waals surface area contributed by atoms with Crippen LogP contribution < -0.4 is 10.5 Å². The molecule has 0 unspecified atom stereocenters. The van der Waals surface area contributed by atoms with Gasteiger partial charge in [-0.1, -0.05) is 0 Å². The minimum Gasteiger partial charge on any atom is -0.326 e. The molecule has 0 amide bonds. The van der Waals surface area contributed by atoms with Crippen LogP contribution in [0.5, 0.6) is 0 Å². The van der Waals surface area contributed by atoms with E-state index >= 15 is 0 Å². The van der Waals surface area contributed by atoms with Gasteiger partial charge in [-0.25, -0.2) is 12.8 Å². The Kier molecular flexibility index (Phi) is 4.01. The standard InChI is InChI=1S/C13H14FN3O2S/c1-9-6-12(7-10(8-15)13(9)14)20(18,19)17-11-2-4-16-5-3-11/h2-7H,8,15H2,1H3,(H,16,17).